The van der Waals surface area contributed by atoms with E-state index in [1.165, 1.54) is 6.42 Å². The molecule has 1 rings (SSSR count). The summed E-state index contributed by atoms with van der Waals surface area (Å²) < 4.78 is 11.6. The number of hydrogen-bond donors (Lipinski definition) is 3. The maximum Gasteiger partial charge on any atom is 0.315 e. The Morgan fingerprint density at radius 3 is 2.52 bits per heavy atom. The highest BCUT2D eigenvalue weighted by molar-refractivity contribution is 7.86. The van der Waals surface area contributed by atoms with Crippen LogP contribution in [0.3, 0.4) is 0 Å². The number of carbonyl (C=O) groups excluding carboxylic acids is 1. The molecule has 2 amide bonds. The van der Waals surface area contributed by atoms with Gasteiger partial charge in [0, 0.05) is 46.4 Å². The number of aliphatic hydroxyl groups is 1. The van der Waals surface area contributed by atoms with Crippen molar-refractivity contribution in [3.05, 3.63) is 0 Å². The van der Waals surface area contributed by atoms with E-state index in [1.54, 1.807) is 0 Å². The number of nitrogens with one attached hydrogen (secondary N) is 2. The van der Waals surface area contributed by atoms with Crippen LogP contribution in [-0.4, -0.2) is 45.0 Å². The standard InChI is InChI=1S/C15H30N2O3S/c1-15(2,3)21(20)10-9-16-14(19)17-13-8-6-4-5-7-12(13)11-18/h12-13,18H,4-11H2,1-3H3,(H2,16,17,19). The zero-order chi connectivity index (χ0) is 15.9. The number of amides is 2. The van der Waals surface area contributed by atoms with Gasteiger partial charge in [0.2, 0.25) is 0 Å². The van der Waals surface area contributed by atoms with E-state index in [-0.39, 0.29) is 29.3 Å². The van der Waals surface area contributed by atoms with Crippen molar-refractivity contribution in [2.24, 2.45) is 5.92 Å². The molecule has 3 N–H and O–H groups in total. The van der Waals surface area contributed by atoms with E-state index in [0.717, 1.165) is 25.7 Å². The molecule has 0 heterocycles. The summed E-state index contributed by atoms with van der Waals surface area (Å²) >= 11 is 0. The lowest BCUT2D eigenvalue weighted by Gasteiger charge is -2.24. The summed E-state index contributed by atoms with van der Waals surface area (Å²) in [7, 11) is -0.954. The van der Waals surface area contributed by atoms with Crippen molar-refractivity contribution >= 4 is 16.8 Å². The normalized spacial score (nSPS) is 25.0. The molecule has 1 fully saturated rings. The van der Waals surface area contributed by atoms with E-state index >= 15 is 0 Å². The van der Waals surface area contributed by atoms with Gasteiger partial charge in [0.05, 0.1) is 0 Å². The lowest BCUT2D eigenvalue weighted by Crippen LogP contribution is -2.47. The van der Waals surface area contributed by atoms with Crippen molar-refractivity contribution < 1.29 is 14.1 Å². The molecule has 1 aliphatic rings. The van der Waals surface area contributed by atoms with Crippen molar-refractivity contribution in [3.63, 3.8) is 0 Å². The molecule has 5 nitrogen and oxygen atoms in total. The van der Waals surface area contributed by atoms with E-state index in [1.807, 2.05) is 20.8 Å². The fourth-order valence-electron chi connectivity index (χ4n) is 2.58. The summed E-state index contributed by atoms with van der Waals surface area (Å²) in [5.41, 5.74) is 0. The first-order chi connectivity index (χ1) is 9.84. The van der Waals surface area contributed by atoms with E-state index in [0.29, 0.717) is 12.3 Å². The van der Waals surface area contributed by atoms with Crippen molar-refractivity contribution in [3.8, 4) is 0 Å². The van der Waals surface area contributed by atoms with E-state index < -0.39 is 10.8 Å². The molecule has 3 atom stereocenters. The van der Waals surface area contributed by atoms with Gasteiger partial charge in [-0.05, 0) is 33.6 Å². The Bertz CT molecular complexity index is 355. The van der Waals surface area contributed by atoms with Gasteiger partial charge >= 0.3 is 6.03 Å². The summed E-state index contributed by atoms with van der Waals surface area (Å²) in [6.07, 6.45) is 5.27. The Hall–Kier alpha value is -0.620. The first-order valence-corrected chi connectivity index (χ1v) is 9.20. The number of hydrogen-bond acceptors (Lipinski definition) is 3. The quantitative estimate of drug-likeness (QED) is 0.676. The molecule has 0 aromatic rings. The summed E-state index contributed by atoms with van der Waals surface area (Å²) in [6, 6.07) is -0.170. The molecule has 3 unspecified atom stereocenters. The third-order valence-corrected chi connectivity index (χ3v) is 5.91. The van der Waals surface area contributed by atoms with E-state index in [4.69, 9.17) is 0 Å². The first-order valence-electron chi connectivity index (χ1n) is 7.88. The second kappa shape index (κ2) is 8.73. The summed E-state index contributed by atoms with van der Waals surface area (Å²) in [4.78, 5) is 11.9. The second-order valence-corrected chi connectivity index (χ2v) is 9.07. The third-order valence-electron chi connectivity index (χ3n) is 3.97. The van der Waals surface area contributed by atoms with Crippen molar-refractivity contribution in [2.45, 2.75) is 63.7 Å². The fourth-order valence-corrected chi connectivity index (χ4v) is 3.48. The van der Waals surface area contributed by atoms with E-state index in [2.05, 4.69) is 10.6 Å². The predicted molar refractivity (Wildman–Crippen MR) is 86.7 cm³/mol. The highest BCUT2D eigenvalue weighted by Gasteiger charge is 2.24. The van der Waals surface area contributed by atoms with Crippen LogP contribution >= 0.6 is 0 Å². The molecule has 124 valence electrons. The molecule has 0 spiro atoms. The molecule has 1 saturated carbocycles. The smallest absolute Gasteiger partial charge is 0.315 e. The van der Waals surface area contributed by atoms with Gasteiger partial charge in [0.1, 0.15) is 0 Å². The highest BCUT2D eigenvalue weighted by atomic mass is 32.2. The van der Waals surface area contributed by atoms with Gasteiger partial charge in [-0.3, -0.25) is 4.21 Å². The predicted octanol–water partition coefficient (Wildman–Crippen LogP) is 1.77. The third kappa shape index (κ3) is 6.78. The van der Waals surface area contributed by atoms with Crippen LogP contribution in [-0.2, 0) is 10.8 Å². The molecule has 0 saturated heterocycles. The molecule has 0 bridgehead atoms. The van der Waals surface area contributed by atoms with Crippen molar-refractivity contribution in [2.75, 3.05) is 18.9 Å². The maximum absolute atomic E-state index is 11.9. The van der Waals surface area contributed by atoms with Crippen LogP contribution in [0, 0.1) is 5.92 Å². The Kier molecular flexibility index (Phi) is 7.66. The van der Waals surface area contributed by atoms with Gasteiger partial charge in [-0.2, -0.15) is 0 Å². The molecule has 6 heteroatoms. The number of urea groups is 1. The van der Waals surface area contributed by atoms with E-state index in [9.17, 15) is 14.1 Å². The Labute approximate surface area is 130 Å². The minimum atomic E-state index is -0.954. The summed E-state index contributed by atoms with van der Waals surface area (Å²) in [6.45, 7) is 6.33. The van der Waals surface area contributed by atoms with Crippen LogP contribution in [0.25, 0.3) is 0 Å². The first kappa shape index (κ1) is 18.4. The molecule has 21 heavy (non-hydrogen) atoms. The minimum Gasteiger partial charge on any atom is -0.396 e. The van der Waals surface area contributed by atoms with Crippen LogP contribution in [0.1, 0.15) is 52.9 Å². The lowest BCUT2D eigenvalue weighted by atomic mass is 9.96. The zero-order valence-electron chi connectivity index (χ0n) is 13.5. The fraction of sp³-hybridized carbons (Fsp3) is 0.933. The monoisotopic (exact) mass is 318 g/mol. The number of aliphatic hydroxyl groups excluding tert-OH is 1. The molecule has 0 aromatic heterocycles. The maximum atomic E-state index is 11.9. The van der Waals surface area contributed by atoms with Crippen LogP contribution in [0.5, 0.6) is 0 Å². The van der Waals surface area contributed by atoms with Crippen molar-refractivity contribution in [1.29, 1.82) is 0 Å². The molecule has 0 radical (unpaired) electrons. The van der Waals surface area contributed by atoms with Gasteiger partial charge in [-0.25, -0.2) is 4.79 Å². The van der Waals surface area contributed by atoms with Crippen molar-refractivity contribution in [1.82, 2.24) is 10.6 Å². The second-order valence-electron chi connectivity index (χ2n) is 6.75. The molecule has 1 aliphatic carbocycles. The van der Waals surface area contributed by atoms with Crippen LogP contribution in [0.15, 0.2) is 0 Å². The van der Waals surface area contributed by atoms with Crippen LogP contribution in [0.4, 0.5) is 4.79 Å². The van der Waals surface area contributed by atoms with Crippen LogP contribution in [0.2, 0.25) is 0 Å². The average molecular weight is 318 g/mol. The van der Waals surface area contributed by atoms with Gasteiger partial charge < -0.3 is 15.7 Å². The average Bonchev–Trinajstić information content (AvgIpc) is 2.62. The Balaban J connectivity index is 2.33. The lowest BCUT2D eigenvalue weighted by molar-refractivity contribution is 0.179. The highest BCUT2D eigenvalue weighted by Crippen LogP contribution is 2.23. The van der Waals surface area contributed by atoms with Gasteiger partial charge in [-0.15, -0.1) is 0 Å². The molecular formula is C15H30N2O3S. The minimum absolute atomic E-state index is 0.0469. The van der Waals surface area contributed by atoms with Crippen LogP contribution < -0.4 is 10.6 Å². The topological polar surface area (TPSA) is 78.4 Å². The number of rotatable bonds is 5. The molecular weight excluding hydrogens is 288 g/mol. The van der Waals surface area contributed by atoms with Gasteiger partial charge in [0.15, 0.2) is 0 Å². The Morgan fingerprint density at radius 1 is 1.24 bits per heavy atom. The van der Waals surface area contributed by atoms with Gasteiger partial charge in [0.25, 0.3) is 0 Å². The largest absolute Gasteiger partial charge is 0.396 e. The summed E-state index contributed by atoms with van der Waals surface area (Å²) in [5.74, 6) is 0.618. The zero-order valence-corrected chi connectivity index (χ0v) is 14.3. The van der Waals surface area contributed by atoms with Gasteiger partial charge in [-0.1, -0.05) is 19.3 Å². The number of carbonyl (C=O) groups is 1. The SMILES string of the molecule is CC(C)(C)S(=O)CCNC(=O)NC1CCCCCC1CO. The summed E-state index contributed by atoms with van der Waals surface area (Å²) in [5, 5.41) is 15.2. The molecule has 0 aromatic carbocycles. The Morgan fingerprint density at radius 2 is 1.90 bits per heavy atom. The molecule has 0 aliphatic heterocycles.